The van der Waals surface area contributed by atoms with Crippen molar-refractivity contribution in [1.29, 1.82) is 0 Å². The minimum atomic E-state index is -0.702. The quantitative estimate of drug-likeness (QED) is 0.432. The van der Waals surface area contributed by atoms with Gasteiger partial charge >= 0.3 is 5.69 Å². The number of nitrogens with one attached hydrogen (secondary N) is 2. The Morgan fingerprint density at radius 1 is 1.22 bits per heavy atom. The molecule has 0 spiro atoms. The third-order valence-corrected chi connectivity index (χ3v) is 6.77. The highest BCUT2D eigenvalue weighted by Crippen LogP contribution is 2.34. The maximum atomic E-state index is 12.3. The van der Waals surface area contributed by atoms with Crippen molar-refractivity contribution in [3.05, 3.63) is 22.4 Å². The van der Waals surface area contributed by atoms with Crippen molar-refractivity contribution in [2.24, 2.45) is 11.8 Å². The minimum absolute atomic E-state index is 0.00973. The molecule has 2 heterocycles. The predicted octanol–water partition coefficient (Wildman–Crippen LogP) is 3.47. The molecule has 2 aliphatic rings. The van der Waals surface area contributed by atoms with E-state index in [-0.39, 0.29) is 35.5 Å². The van der Waals surface area contributed by atoms with E-state index in [0.29, 0.717) is 5.69 Å². The number of anilines is 2. The van der Waals surface area contributed by atoms with Crippen LogP contribution in [-0.2, 0) is 4.79 Å². The van der Waals surface area contributed by atoms with Gasteiger partial charge in [-0.25, -0.2) is 4.98 Å². The van der Waals surface area contributed by atoms with Crippen molar-refractivity contribution in [2.75, 3.05) is 23.3 Å². The number of nitro groups is 1. The van der Waals surface area contributed by atoms with Crippen molar-refractivity contribution in [1.82, 2.24) is 10.3 Å². The van der Waals surface area contributed by atoms with Gasteiger partial charge in [0.1, 0.15) is 17.7 Å². The molecule has 1 saturated heterocycles. The van der Waals surface area contributed by atoms with Gasteiger partial charge in [-0.3, -0.25) is 14.9 Å². The molecule has 0 unspecified atom stereocenters. The number of aromatic nitrogens is 1. The molecule has 0 atom stereocenters. The van der Waals surface area contributed by atoms with Crippen LogP contribution in [0.4, 0.5) is 17.2 Å². The summed E-state index contributed by atoms with van der Waals surface area (Å²) >= 11 is 0. The second-order valence-corrected chi connectivity index (χ2v) is 10.1. The zero-order chi connectivity index (χ0) is 23.5. The molecule has 1 aliphatic heterocycles. The summed E-state index contributed by atoms with van der Waals surface area (Å²) in [5.74, 6) is 1.07. The highest BCUT2D eigenvalue weighted by atomic mass is 16.6. The standard InChI is InChI=1S/C23H37N5O4/c1-15(2)25-22(29)16-5-7-18(8-6-16)26-19-13-21(24-14-20(19)28(31)32)27-11-9-17(10-12-27)23(3,4)30/h13-18,30H,5-12H2,1-4H3,(H,24,26)(H,25,29). The van der Waals surface area contributed by atoms with Gasteiger partial charge in [-0.15, -0.1) is 0 Å². The van der Waals surface area contributed by atoms with Gasteiger partial charge < -0.3 is 20.6 Å². The predicted molar refractivity (Wildman–Crippen MR) is 125 cm³/mol. The van der Waals surface area contributed by atoms with Crippen LogP contribution in [0.5, 0.6) is 0 Å². The first kappa shape index (κ1) is 24.2. The molecule has 1 aromatic heterocycles. The molecule has 2 fully saturated rings. The lowest BCUT2D eigenvalue weighted by atomic mass is 9.83. The van der Waals surface area contributed by atoms with Gasteiger partial charge in [0.2, 0.25) is 5.91 Å². The topological polar surface area (TPSA) is 121 Å². The van der Waals surface area contributed by atoms with Crippen LogP contribution in [0.3, 0.4) is 0 Å². The first-order chi connectivity index (χ1) is 15.0. The molecule has 1 amide bonds. The zero-order valence-electron chi connectivity index (χ0n) is 19.6. The minimum Gasteiger partial charge on any atom is -0.390 e. The van der Waals surface area contributed by atoms with Gasteiger partial charge in [0.15, 0.2) is 0 Å². The van der Waals surface area contributed by atoms with E-state index in [4.69, 9.17) is 0 Å². The molecule has 178 valence electrons. The van der Waals surface area contributed by atoms with Crippen molar-refractivity contribution in [3.8, 4) is 0 Å². The van der Waals surface area contributed by atoms with Crippen LogP contribution in [0, 0.1) is 22.0 Å². The lowest BCUT2D eigenvalue weighted by Crippen LogP contribution is -2.42. The van der Waals surface area contributed by atoms with E-state index in [0.717, 1.165) is 57.4 Å². The lowest BCUT2D eigenvalue weighted by molar-refractivity contribution is -0.384. The molecule has 1 aliphatic carbocycles. The molecule has 32 heavy (non-hydrogen) atoms. The summed E-state index contributed by atoms with van der Waals surface area (Å²) in [6, 6.07) is 2.00. The van der Waals surface area contributed by atoms with Gasteiger partial charge in [-0.1, -0.05) is 0 Å². The van der Waals surface area contributed by atoms with Gasteiger partial charge in [0.25, 0.3) is 0 Å². The number of nitrogens with zero attached hydrogens (tertiary/aromatic N) is 3. The molecule has 1 aromatic rings. The molecule has 3 N–H and O–H groups in total. The number of pyridine rings is 1. The number of carbonyl (C=O) groups excluding carboxylic acids is 1. The third-order valence-electron chi connectivity index (χ3n) is 6.77. The first-order valence-electron chi connectivity index (χ1n) is 11.7. The van der Waals surface area contributed by atoms with Crippen LogP contribution < -0.4 is 15.5 Å². The fraction of sp³-hybridized carbons (Fsp3) is 0.739. The number of aliphatic hydroxyl groups is 1. The first-order valence-corrected chi connectivity index (χ1v) is 11.7. The van der Waals surface area contributed by atoms with Crippen molar-refractivity contribution in [2.45, 2.75) is 83.9 Å². The fourth-order valence-corrected chi connectivity index (χ4v) is 4.81. The summed E-state index contributed by atoms with van der Waals surface area (Å²) in [6.45, 7) is 9.13. The Morgan fingerprint density at radius 2 is 1.84 bits per heavy atom. The fourth-order valence-electron chi connectivity index (χ4n) is 4.81. The van der Waals surface area contributed by atoms with Crippen LogP contribution in [0.25, 0.3) is 0 Å². The van der Waals surface area contributed by atoms with Gasteiger partial charge in [0, 0.05) is 37.2 Å². The lowest BCUT2D eigenvalue weighted by Gasteiger charge is -2.38. The van der Waals surface area contributed by atoms with Gasteiger partial charge in [0.05, 0.1) is 10.5 Å². The summed E-state index contributed by atoms with van der Waals surface area (Å²) in [5.41, 5.74) is -0.244. The van der Waals surface area contributed by atoms with Gasteiger partial charge in [-0.05, 0) is 72.1 Å². The molecule has 0 bridgehead atoms. The normalized spacial score (nSPS) is 22.6. The number of hydrogen-bond acceptors (Lipinski definition) is 7. The Balaban J connectivity index is 1.65. The molecule has 9 heteroatoms. The summed E-state index contributed by atoms with van der Waals surface area (Å²) in [5, 5.41) is 28.2. The van der Waals surface area contributed by atoms with Crippen LogP contribution >= 0.6 is 0 Å². The molecule has 0 radical (unpaired) electrons. The molecule has 3 rings (SSSR count). The average molecular weight is 448 g/mol. The van der Waals surface area contributed by atoms with E-state index >= 15 is 0 Å². The average Bonchev–Trinajstić information content (AvgIpc) is 2.73. The molecule has 0 aromatic carbocycles. The third kappa shape index (κ3) is 6.09. The summed E-state index contributed by atoms with van der Waals surface area (Å²) in [7, 11) is 0. The van der Waals surface area contributed by atoms with Crippen molar-refractivity contribution >= 4 is 23.1 Å². The highest BCUT2D eigenvalue weighted by molar-refractivity contribution is 5.79. The number of rotatable bonds is 7. The second-order valence-electron chi connectivity index (χ2n) is 10.1. The second kappa shape index (κ2) is 10.0. The Labute approximate surface area is 190 Å². The summed E-state index contributed by atoms with van der Waals surface area (Å²) in [6.07, 6.45) is 6.17. The van der Waals surface area contributed by atoms with E-state index < -0.39 is 10.5 Å². The Bertz CT molecular complexity index is 807. The van der Waals surface area contributed by atoms with E-state index in [2.05, 4.69) is 20.5 Å². The van der Waals surface area contributed by atoms with E-state index in [9.17, 15) is 20.0 Å². The summed E-state index contributed by atoms with van der Waals surface area (Å²) < 4.78 is 0. The molecular weight excluding hydrogens is 410 g/mol. The maximum Gasteiger partial charge on any atom is 0.310 e. The van der Waals surface area contributed by atoms with Crippen LogP contribution in [0.1, 0.15) is 66.2 Å². The van der Waals surface area contributed by atoms with E-state index in [1.807, 2.05) is 27.7 Å². The monoisotopic (exact) mass is 447 g/mol. The van der Waals surface area contributed by atoms with Crippen molar-refractivity contribution in [3.63, 3.8) is 0 Å². The Kier molecular flexibility index (Phi) is 7.59. The zero-order valence-corrected chi connectivity index (χ0v) is 19.6. The highest BCUT2D eigenvalue weighted by Gasteiger charge is 2.32. The number of amides is 1. The van der Waals surface area contributed by atoms with Crippen molar-refractivity contribution < 1.29 is 14.8 Å². The van der Waals surface area contributed by atoms with Crippen LogP contribution in [0.15, 0.2) is 12.3 Å². The van der Waals surface area contributed by atoms with Gasteiger partial charge in [-0.2, -0.15) is 0 Å². The SMILES string of the molecule is CC(C)NC(=O)C1CCC(Nc2cc(N3CCC(C(C)(C)O)CC3)ncc2[N+](=O)[O-])CC1. The largest absolute Gasteiger partial charge is 0.390 e. The molecule has 1 saturated carbocycles. The summed E-state index contributed by atoms with van der Waals surface area (Å²) in [4.78, 5) is 29.9. The maximum absolute atomic E-state index is 12.3. The van der Waals surface area contributed by atoms with E-state index in [1.165, 1.54) is 6.20 Å². The Morgan fingerprint density at radius 3 is 2.38 bits per heavy atom. The molecular formula is C23H37N5O4. The smallest absolute Gasteiger partial charge is 0.310 e. The number of piperidine rings is 1. The van der Waals surface area contributed by atoms with Crippen LogP contribution in [0.2, 0.25) is 0 Å². The molecule has 9 nitrogen and oxygen atoms in total. The number of hydrogen-bond donors (Lipinski definition) is 3. The van der Waals surface area contributed by atoms with Crippen LogP contribution in [-0.4, -0.2) is 51.7 Å². The van der Waals surface area contributed by atoms with E-state index in [1.54, 1.807) is 6.07 Å². The Hall–Kier alpha value is -2.42. The number of carbonyl (C=O) groups is 1.